The quantitative estimate of drug-likeness (QED) is 0.656. The number of aliphatic imine (C=N–C) groups is 2. The van der Waals surface area contributed by atoms with Crippen LogP contribution in [0.25, 0.3) is 0 Å². The van der Waals surface area contributed by atoms with Crippen LogP contribution < -0.4 is 5.32 Å². The van der Waals surface area contributed by atoms with E-state index in [4.69, 9.17) is 21.6 Å². The predicted octanol–water partition coefficient (Wildman–Crippen LogP) is 5.23. The van der Waals surface area contributed by atoms with Gasteiger partial charge in [-0.15, -0.1) is 22.7 Å². The first-order chi connectivity index (χ1) is 12.8. The Bertz CT molecular complexity index is 1000. The molecule has 0 radical (unpaired) electrons. The van der Waals surface area contributed by atoms with Crippen LogP contribution in [0.4, 0.5) is 5.82 Å². The van der Waals surface area contributed by atoms with E-state index in [1.165, 1.54) is 12.8 Å². The van der Waals surface area contributed by atoms with Crippen LogP contribution in [0, 0.1) is 0 Å². The lowest BCUT2D eigenvalue weighted by Gasteiger charge is -2.15. The van der Waals surface area contributed by atoms with Gasteiger partial charge < -0.3 is 5.32 Å². The van der Waals surface area contributed by atoms with Gasteiger partial charge in [-0.25, -0.2) is 9.98 Å². The van der Waals surface area contributed by atoms with Gasteiger partial charge in [-0.05, 0) is 48.6 Å². The lowest BCUT2D eigenvalue weighted by Crippen LogP contribution is -2.30. The van der Waals surface area contributed by atoms with Gasteiger partial charge in [0.15, 0.2) is 5.82 Å². The molecule has 1 fully saturated rings. The van der Waals surface area contributed by atoms with Gasteiger partial charge in [-0.1, -0.05) is 17.7 Å². The molecule has 0 saturated heterocycles. The normalized spacial score (nSPS) is 19.3. The zero-order valence-electron chi connectivity index (χ0n) is 13.7. The number of fused-ring (bicyclic) bond motifs is 1. The molecule has 130 valence electrons. The number of rotatable bonds is 3. The minimum Gasteiger partial charge on any atom is -0.369 e. The topological polar surface area (TPSA) is 49.6 Å². The number of nitrogens with zero attached hydrogens (tertiary/aromatic N) is 3. The van der Waals surface area contributed by atoms with Gasteiger partial charge in [0, 0.05) is 22.7 Å². The Balaban J connectivity index is 1.71. The minimum atomic E-state index is -0.195. The van der Waals surface area contributed by atoms with Crippen LogP contribution in [0.2, 0.25) is 4.34 Å². The number of thiophene rings is 2. The van der Waals surface area contributed by atoms with Crippen molar-refractivity contribution in [3.05, 3.63) is 67.6 Å². The summed E-state index contributed by atoms with van der Waals surface area (Å²) in [6, 6.07) is 12.4. The monoisotopic (exact) mass is 398 g/mol. The highest BCUT2D eigenvalue weighted by Gasteiger charge is 2.31. The van der Waals surface area contributed by atoms with Crippen LogP contribution in [0.1, 0.15) is 34.2 Å². The van der Waals surface area contributed by atoms with E-state index in [2.05, 4.69) is 21.7 Å². The maximum absolute atomic E-state index is 6.21. The van der Waals surface area contributed by atoms with Crippen LogP contribution in [0.15, 0.2) is 58.0 Å². The first kappa shape index (κ1) is 16.2. The fraction of sp³-hybridized carbons (Fsp3) is 0.211. The first-order valence-electron chi connectivity index (χ1n) is 8.45. The maximum Gasteiger partial charge on any atom is 0.163 e. The number of aromatic nitrogens is 1. The molecule has 2 aliphatic rings. The summed E-state index contributed by atoms with van der Waals surface area (Å²) >= 11 is 9.44. The number of amidine groups is 1. The van der Waals surface area contributed by atoms with Crippen molar-refractivity contribution in [2.45, 2.75) is 24.9 Å². The molecule has 5 rings (SSSR count). The van der Waals surface area contributed by atoms with E-state index in [1.807, 2.05) is 30.3 Å². The average molecular weight is 399 g/mol. The van der Waals surface area contributed by atoms with E-state index in [-0.39, 0.29) is 6.04 Å². The van der Waals surface area contributed by atoms with Gasteiger partial charge in [-0.3, -0.25) is 4.99 Å². The maximum atomic E-state index is 6.21. The highest BCUT2D eigenvalue weighted by atomic mass is 35.5. The Kier molecular flexibility index (Phi) is 4.11. The third-order valence-electron chi connectivity index (χ3n) is 4.33. The lowest BCUT2D eigenvalue weighted by molar-refractivity contribution is 0.836. The molecule has 26 heavy (non-hydrogen) atoms. The number of pyridine rings is 1. The molecule has 0 spiro atoms. The number of halogens is 1. The molecule has 1 saturated carbocycles. The van der Waals surface area contributed by atoms with Gasteiger partial charge in [0.25, 0.3) is 0 Å². The van der Waals surface area contributed by atoms with Crippen molar-refractivity contribution < 1.29 is 0 Å². The van der Waals surface area contributed by atoms with Gasteiger partial charge in [0.05, 0.1) is 14.9 Å². The lowest BCUT2D eigenvalue weighted by atomic mass is 10.1. The Hall–Kier alpha value is -2.02. The van der Waals surface area contributed by atoms with Crippen LogP contribution in [-0.4, -0.2) is 22.6 Å². The summed E-state index contributed by atoms with van der Waals surface area (Å²) in [7, 11) is 0. The van der Waals surface area contributed by atoms with Gasteiger partial charge in [0.1, 0.15) is 11.9 Å². The van der Waals surface area contributed by atoms with Gasteiger partial charge in [0.2, 0.25) is 0 Å². The van der Waals surface area contributed by atoms with E-state index < -0.39 is 0 Å². The Labute approximate surface area is 164 Å². The average Bonchev–Trinajstić information content (AvgIpc) is 3.14. The van der Waals surface area contributed by atoms with Crippen molar-refractivity contribution in [2.75, 3.05) is 0 Å². The van der Waals surface area contributed by atoms with E-state index in [9.17, 15) is 0 Å². The molecule has 0 aromatic carbocycles. The molecule has 1 aliphatic heterocycles. The van der Waals surface area contributed by atoms with Crippen LogP contribution in [0.5, 0.6) is 0 Å². The predicted molar refractivity (Wildman–Crippen MR) is 110 cm³/mol. The summed E-state index contributed by atoms with van der Waals surface area (Å²) < 4.78 is 0.763. The molecular formula is C19H15ClN4S2. The first-order valence-corrected chi connectivity index (χ1v) is 10.5. The fourth-order valence-corrected chi connectivity index (χ4v) is 4.78. The smallest absolute Gasteiger partial charge is 0.163 e. The summed E-state index contributed by atoms with van der Waals surface area (Å²) in [5, 5.41) is 5.64. The number of nitrogens with one attached hydrogen (secondary N) is 1. The standard InChI is InChI=1S/C19H15ClN4S2/c20-15-8-7-14(26-15)17-19(22-11-5-6-11)24-18-12(3-1-9-21-18)16(23-17)13-4-2-10-25-13/h1-4,7-11,17H,5-6H2,(H,21,22,24). The van der Waals surface area contributed by atoms with E-state index in [0.717, 1.165) is 31.2 Å². The van der Waals surface area contributed by atoms with Crippen molar-refractivity contribution >= 4 is 51.6 Å². The largest absolute Gasteiger partial charge is 0.369 e. The van der Waals surface area contributed by atoms with Crippen molar-refractivity contribution in [3.8, 4) is 0 Å². The van der Waals surface area contributed by atoms with Crippen LogP contribution in [-0.2, 0) is 0 Å². The summed E-state index contributed by atoms with van der Waals surface area (Å²) in [5.41, 5.74) is 1.91. The van der Waals surface area contributed by atoms with Gasteiger partial charge in [-0.2, -0.15) is 0 Å². The van der Waals surface area contributed by atoms with E-state index in [1.54, 1.807) is 28.9 Å². The molecule has 1 aliphatic carbocycles. The second-order valence-electron chi connectivity index (χ2n) is 6.29. The molecule has 3 aromatic heterocycles. The summed E-state index contributed by atoms with van der Waals surface area (Å²) in [4.78, 5) is 16.8. The molecule has 4 heterocycles. The third kappa shape index (κ3) is 3.09. The fourth-order valence-electron chi connectivity index (χ4n) is 2.94. The number of hydrogen-bond donors (Lipinski definition) is 1. The number of hydrogen-bond acceptors (Lipinski definition) is 6. The highest BCUT2D eigenvalue weighted by Crippen LogP contribution is 2.36. The van der Waals surface area contributed by atoms with Crippen molar-refractivity contribution in [3.63, 3.8) is 0 Å². The minimum absolute atomic E-state index is 0.195. The molecule has 1 atom stereocenters. The van der Waals surface area contributed by atoms with E-state index >= 15 is 0 Å². The summed E-state index contributed by atoms with van der Waals surface area (Å²) in [6.45, 7) is 0. The molecule has 4 nitrogen and oxygen atoms in total. The summed E-state index contributed by atoms with van der Waals surface area (Å²) in [5.74, 6) is 1.57. The Morgan fingerprint density at radius 2 is 2.04 bits per heavy atom. The van der Waals surface area contributed by atoms with Crippen molar-refractivity contribution in [2.24, 2.45) is 9.98 Å². The van der Waals surface area contributed by atoms with E-state index in [0.29, 0.717) is 11.9 Å². The zero-order chi connectivity index (χ0) is 17.5. The van der Waals surface area contributed by atoms with Crippen molar-refractivity contribution in [1.29, 1.82) is 0 Å². The Morgan fingerprint density at radius 1 is 1.12 bits per heavy atom. The third-order valence-corrected chi connectivity index (χ3v) is 6.49. The molecular weight excluding hydrogens is 384 g/mol. The second-order valence-corrected chi connectivity index (χ2v) is 8.98. The molecule has 1 unspecified atom stereocenters. The van der Waals surface area contributed by atoms with Crippen LogP contribution >= 0.6 is 34.3 Å². The SMILES string of the molecule is Clc1ccc(C2N=C(c3cccs3)c3cccnc3N=C2NC2CC2)s1. The molecule has 7 heteroatoms. The van der Waals surface area contributed by atoms with Gasteiger partial charge >= 0.3 is 0 Å². The van der Waals surface area contributed by atoms with Crippen molar-refractivity contribution in [1.82, 2.24) is 10.3 Å². The highest BCUT2D eigenvalue weighted by molar-refractivity contribution is 7.16. The molecule has 1 N–H and O–H groups in total. The summed E-state index contributed by atoms with van der Waals surface area (Å²) in [6.07, 6.45) is 4.13. The molecule has 0 amide bonds. The second kappa shape index (κ2) is 6.61. The molecule has 3 aromatic rings. The zero-order valence-corrected chi connectivity index (χ0v) is 16.1. The molecule has 0 bridgehead atoms. The Morgan fingerprint density at radius 3 is 2.77 bits per heavy atom. The van der Waals surface area contributed by atoms with Crippen LogP contribution in [0.3, 0.4) is 0 Å².